The number of hydrogen-bond donors (Lipinski definition) is 3. The topological polar surface area (TPSA) is 113 Å². The normalized spacial score (nSPS) is 14.8. The van der Waals surface area contributed by atoms with Gasteiger partial charge in [0.2, 0.25) is 5.95 Å². The number of amides is 1. The number of nitrogens with two attached hydrogens (primary N) is 1. The summed E-state index contributed by atoms with van der Waals surface area (Å²) in [5.74, 6) is 1.17. The summed E-state index contributed by atoms with van der Waals surface area (Å²) in [6, 6.07) is 17.4. The molecule has 6 rings (SSSR count). The van der Waals surface area contributed by atoms with E-state index in [2.05, 4.69) is 38.1 Å². The van der Waals surface area contributed by atoms with Gasteiger partial charge in [-0.15, -0.1) is 0 Å². The van der Waals surface area contributed by atoms with E-state index in [9.17, 15) is 4.79 Å². The fourth-order valence-corrected chi connectivity index (χ4v) is 5.13. The summed E-state index contributed by atoms with van der Waals surface area (Å²) in [6.45, 7) is 9.51. The van der Waals surface area contributed by atoms with Gasteiger partial charge in [-0.2, -0.15) is 4.98 Å². The molecule has 9 heteroatoms. The van der Waals surface area contributed by atoms with Crippen LogP contribution in [0.15, 0.2) is 86.0 Å². The zero-order chi connectivity index (χ0) is 28.5. The van der Waals surface area contributed by atoms with Crippen LogP contribution in [0.2, 0.25) is 0 Å². The molecule has 2 aromatic carbocycles. The number of fused-ring (bicyclic) bond motifs is 1. The van der Waals surface area contributed by atoms with Crippen molar-refractivity contribution >= 4 is 40.3 Å². The minimum absolute atomic E-state index is 0.141. The lowest BCUT2D eigenvalue weighted by molar-refractivity contribution is 0.102. The predicted molar refractivity (Wildman–Crippen MR) is 165 cm³/mol. The van der Waals surface area contributed by atoms with Crippen LogP contribution in [0.4, 0.5) is 23.1 Å². The molecule has 4 heterocycles. The summed E-state index contributed by atoms with van der Waals surface area (Å²) < 4.78 is 1.98. The fraction of sp³-hybridized carbons (Fsp3) is 0.188. The molecule has 1 aliphatic rings. The highest BCUT2D eigenvalue weighted by Gasteiger charge is 2.21. The molecule has 4 N–H and O–H groups in total. The quantitative estimate of drug-likeness (QED) is 0.242. The van der Waals surface area contributed by atoms with E-state index in [-0.39, 0.29) is 11.9 Å². The van der Waals surface area contributed by atoms with Gasteiger partial charge >= 0.3 is 0 Å². The van der Waals surface area contributed by atoms with Crippen LogP contribution in [0.3, 0.4) is 0 Å². The Kier molecular flexibility index (Phi) is 6.94. The van der Waals surface area contributed by atoms with E-state index in [1.165, 1.54) is 0 Å². The lowest BCUT2D eigenvalue weighted by Crippen LogP contribution is -2.27. The molecule has 3 aromatic heterocycles. The zero-order valence-electron chi connectivity index (χ0n) is 23.1. The molecule has 0 radical (unpaired) electrons. The molecule has 206 valence electrons. The van der Waals surface area contributed by atoms with Crippen molar-refractivity contribution < 1.29 is 4.79 Å². The van der Waals surface area contributed by atoms with Crippen molar-refractivity contribution in [3.05, 3.63) is 103 Å². The molecule has 1 atom stereocenters. The maximum absolute atomic E-state index is 13.1. The molecule has 0 saturated carbocycles. The van der Waals surface area contributed by atoms with Crippen molar-refractivity contribution in [3.8, 4) is 11.1 Å². The second kappa shape index (κ2) is 10.9. The maximum Gasteiger partial charge on any atom is 0.255 e. The third-order valence-corrected chi connectivity index (χ3v) is 7.43. The number of aromatic nitrogens is 4. The molecular weight excluding hydrogens is 512 g/mol. The van der Waals surface area contributed by atoms with E-state index in [0.29, 0.717) is 17.3 Å². The first-order chi connectivity index (χ1) is 19.9. The number of carbonyl (C=O) groups is 1. The Labute approximate surface area is 238 Å². The van der Waals surface area contributed by atoms with Crippen LogP contribution >= 0.6 is 0 Å². The highest BCUT2D eigenvalue weighted by Crippen LogP contribution is 2.33. The molecule has 1 amide bonds. The Morgan fingerprint density at radius 1 is 1.05 bits per heavy atom. The Hall–Kier alpha value is -5.02. The summed E-state index contributed by atoms with van der Waals surface area (Å²) in [7, 11) is 0. The fourth-order valence-electron chi connectivity index (χ4n) is 5.13. The number of carbonyl (C=O) groups excluding carboxylic acids is 1. The average Bonchev–Trinajstić information content (AvgIpc) is 3.63. The number of benzene rings is 2. The van der Waals surface area contributed by atoms with Crippen LogP contribution in [0.25, 0.3) is 22.3 Å². The standard InChI is InChI=1S/C32H32N8O/c1-20(2)22-7-9-23(10-8-22)31(41)37-27-6-4-5-26(21(27)3)24-17-28(30-34-14-16-39(30)18-24)36-29-11-13-35-32(38-29)40-15-12-25(33)19-40/h4-11,13-14,16-18,25H,1,12,15,19,33H2,2-3H3,(H,37,41)(H,35,36,38)/t25-/m1/s1. The Balaban J connectivity index is 1.29. The van der Waals surface area contributed by atoms with Crippen molar-refractivity contribution in [2.45, 2.75) is 26.3 Å². The monoisotopic (exact) mass is 544 g/mol. The molecule has 1 saturated heterocycles. The largest absolute Gasteiger partial charge is 0.339 e. The van der Waals surface area contributed by atoms with Gasteiger partial charge in [0.1, 0.15) is 5.82 Å². The first kappa shape index (κ1) is 26.2. The van der Waals surface area contributed by atoms with E-state index in [0.717, 1.165) is 64.4 Å². The molecule has 41 heavy (non-hydrogen) atoms. The van der Waals surface area contributed by atoms with Gasteiger partial charge in [-0.3, -0.25) is 4.79 Å². The van der Waals surface area contributed by atoms with Crippen molar-refractivity contribution in [1.29, 1.82) is 0 Å². The molecule has 0 spiro atoms. The Morgan fingerprint density at radius 2 is 1.85 bits per heavy atom. The van der Waals surface area contributed by atoms with Gasteiger partial charge in [0, 0.05) is 60.7 Å². The van der Waals surface area contributed by atoms with Gasteiger partial charge in [0.25, 0.3) is 5.91 Å². The molecule has 0 unspecified atom stereocenters. The maximum atomic E-state index is 13.1. The van der Waals surface area contributed by atoms with Gasteiger partial charge in [-0.1, -0.05) is 36.4 Å². The zero-order valence-corrected chi connectivity index (χ0v) is 23.1. The van der Waals surface area contributed by atoms with Crippen molar-refractivity contribution in [2.75, 3.05) is 28.6 Å². The van der Waals surface area contributed by atoms with Crippen LogP contribution in [0.1, 0.15) is 34.8 Å². The van der Waals surface area contributed by atoms with Crippen molar-refractivity contribution in [2.24, 2.45) is 5.73 Å². The average molecular weight is 545 g/mol. The molecule has 5 aromatic rings. The van der Waals surface area contributed by atoms with Crippen LogP contribution < -0.4 is 21.3 Å². The molecule has 9 nitrogen and oxygen atoms in total. The number of nitrogens with zero attached hydrogens (tertiary/aromatic N) is 5. The highest BCUT2D eigenvalue weighted by atomic mass is 16.1. The van der Waals surface area contributed by atoms with Gasteiger partial charge in [-0.05, 0) is 67.3 Å². The van der Waals surface area contributed by atoms with Gasteiger partial charge in [0.05, 0.1) is 5.69 Å². The first-order valence-corrected chi connectivity index (χ1v) is 13.6. The number of anilines is 4. The van der Waals surface area contributed by atoms with Crippen molar-refractivity contribution in [3.63, 3.8) is 0 Å². The number of nitrogens with one attached hydrogen (secondary N) is 2. The lowest BCUT2D eigenvalue weighted by atomic mass is 9.99. The van der Waals surface area contributed by atoms with Gasteiger partial charge in [-0.25, -0.2) is 9.97 Å². The molecular formula is C32H32N8O. The molecule has 1 fully saturated rings. The summed E-state index contributed by atoms with van der Waals surface area (Å²) in [5, 5.41) is 6.53. The van der Waals surface area contributed by atoms with E-state index in [1.807, 2.05) is 79.2 Å². The van der Waals surface area contributed by atoms with Crippen LogP contribution in [0.5, 0.6) is 0 Å². The summed E-state index contributed by atoms with van der Waals surface area (Å²) in [5.41, 5.74) is 13.9. The van der Waals surface area contributed by atoms with E-state index in [1.54, 1.807) is 12.4 Å². The first-order valence-electron chi connectivity index (χ1n) is 13.6. The lowest BCUT2D eigenvalue weighted by Gasteiger charge is -2.17. The number of hydrogen-bond acceptors (Lipinski definition) is 7. The molecule has 1 aliphatic heterocycles. The third-order valence-electron chi connectivity index (χ3n) is 7.43. The van der Waals surface area contributed by atoms with Crippen LogP contribution in [-0.2, 0) is 0 Å². The number of allylic oxidation sites excluding steroid dienone is 1. The molecule has 0 bridgehead atoms. The van der Waals surface area contributed by atoms with E-state index >= 15 is 0 Å². The third kappa shape index (κ3) is 5.39. The Bertz CT molecular complexity index is 1760. The number of pyridine rings is 1. The van der Waals surface area contributed by atoms with Crippen LogP contribution in [0, 0.1) is 6.92 Å². The minimum atomic E-state index is -0.163. The van der Waals surface area contributed by atoms with Gasteiger partial charge < -0.3 is 25.7 Å². The van der Waals surface area contributed by atoms with Crippen molar-refractivity contribution in [1.82, 2.24) is 19.4 Å². The molecule has 0 aliphatic carbocycles. The number of rotatable bonds is 7. The SMILES string of the molecule is C=C(C)c1ccc(C(=O)Nc2cccc(-c3cc(Nc4ccnc(N5CC[C@@H](N)C5)n4)c4nccn4c3)c2C)cc1. The smallest absolute Gasteiger partial charge is 0.255 e. The highest BCUT2D eigenvalue weighted by molar-refractivity contribution is 6.05. The summed E-state index contributed by atoms with van der Waals surface area (Å²) in [6.07, 6.45) is 8.40. The van der Waals surface area contributed by atoms with E-state index < -0.39 is 0 Å². The Morgan fingerprint density at radius 3 is 2.61 bits per heavy atom. The van der Waals surface area contributed by atoms with E-state index in [4.69, 9.17) is 10.7 Å². The summed E-state index contributed by atoms with van der Waals surface area (Å²) >= 11 is 0. The number of imidazole rings is 1. The van der Waals surface area contributed by atoms with Crippen LogP contribution in [-0.4, -0.2) is 44.4 Å². The second-order valence-electron chi connectivity index (χ2n) is 10.5. The van der Waals surface area contributed by atoms with Gasteiger partial charge in [0.15, 0.2) is 5.65 Å². The second-order valence-corrected chi connectivity index (χ2v) is 10.5. The summed E-state index contributed by atoms with van der Waals surface area (Å²) in [4.78, 5) is 28.9. The minimum Gasteiger partial charge on any atom is -0.339 e. The predicted octanol–water partition coefficient (Wildman–Crippen LogP) is 5.67.